The zero-order valence-corrected chi connectivity index (χ0v) is 20.2. The van der Waals surface area contributed by atoms with Crippen LogP contribution in [0, 0.1) is 28.6 Å². The molecule has 5 rings (SSSR count). The SMILES string of the molecule is C[C@H]1C2=CC(=O)O[C@]2(O)C[C@H]2[C@H]1[C@@H](O)[C@@H](OC(=O)c1ccccc1)[C@@]1(O)C(C)(C)CCC[C@]21C. The molecule has 1 aromatic rings. The maximum Gasteiger partial charge on any atom is 0.338 e. The molecule has 3 fully saturated rings. The van der Waals surface area contributed by atoms with Crippen LogP contribution in [-0.4, -0.2) is 50.9 Å². The molecule has 0 aromatic heterocycles. The van der Waals surface area contributed by atoms with E-state index >= 15 is 0 Å². The van der Waals surface area contributed by atoms with Gasteiger partial charge in [0.05, 0.1) is 11.7 Å². The van der Waals surface area contributed by atoms with Crippen molar-refractivity contribution in [2.45, 2.75) is 77.0 Å². The molecule has 184 valence electrons. The third-order valence-corrected chi connectivity index (χ3v) is 9.60. The summed E-state index contributed by atoms with van der Waals surface area (Å²) in [6.45, 7) is 7.73. The number of carbonyl (C=O) groups is 2. The minimum Gasteiger partial charge on any atom is -0.453 e. The molecule has 3 saturated carbocycles. The van der Waals surface area contributed by atoms with E-state index in [1.165, 1.54) is 6.08 Å². The highest BCUT2D eigenvalue weighted by Crippen LogP contribution is 2.68. The first-order valence-electron chi connectivity index (χ1n) is 12.2. The Morgan fingerprint density at radius 2 is 1.79 bits per heavy atom. The minimum atomic E-state index is -1.74. The maximum absolute atomic E-state index is 13.1. The minimum absolute atomic E-state index is 0.0882. The average Bonchev–Trinajstić information content (AvgIpc) is 3.09. The smallest absolute Gasteiger partial charge is 0.338 e. The predicted molar refractivity (Wildman–Crippen MR) is 122 cm³/mol. The van der Waals surface area contributed by atoms with E-state index < -0.39 is 58.2 Å². The Morgan fingerprint density at radius 1 is 1.12 bits per heavy atom. The van der Waals surface area contributed by atoms with Gasteiger partial charge in [-0.1, -0.05) is 52.3 Å². The van der Waals surface area contributed by atoms with Crippen LogP contribution in [0.1, 0.15) is 63.7 Å². The monoisotopic (exact) mass is 470 g/mol. The molecular weight excluding hydrogens is 436 g/mol. The number of benzene rings is 1. The molecule has 0 radical (unpaired) electrons. The fourth-order valence-electron chi connectivity index (χ4n) is 7.91. The Bertz CT molecular complexity index is 1050. The van der Waals surface area contributed by atoms with Gasteiger partial charge in [0.15, 0.2) is 6.10 Å². The average molecular weight is 471 g/mol. The van der Waals surface area contributed by atoms with E-state index in [1.807, 2.05) is 27.7 Å². The largest absolute Gasteiger partial charge is 0.453 e. The lowest BCUT2D eigenvalue weighted by molar-refractivity contribution is -0.328. The molecule has 8 atom stereocenters. The van der Waals surface area contributed by atoms with Gasteiger partial charge in [-0.25, -0.2) is 9.59 Å². The first-order valence-corrected chi connectivity index (χ1v) is 12.2. The molecule has 0 bridgehead atoms. The van der Waals surface area contributed by atoms with E-state index in [9.17, 15) is 24.9 Å². The highest BCUT2D eigenvalue weighted by molar-refractivity contribution is 5.89. The van der Waals surface area contributed by atoms with Crippen molar-refractivity contribution in [2.24, 2.45) is 28.6 Å². The Hall–Kier alpha value is -2.22. The molecule has 3 aliphatic carbocycles. The lowest BCUT2D eigenvalue weighted by Crippen LogP contribution is -2.77. The predicted octanol–water partition coefficient (Wildman–Crippen LogP) is 2.98. The van der Waals surface area contributed by atoms with E-state index in [-0.39, 0.29) is 12.3 Å². The number of carbonyl (C=O) groups excluding carboxylic acids is 2. The molecule has 1 heterocycles. The van der Waals surface area contributed by atoms with Crippen molar-refractivity contribution in [3.05, 3.63) is 47.5 Å². The summed E-state index contributed by atoms with van der Waals surface area (Å²) >= 11 is 0. The van der Waals surface area contributed by atoms with Gasteiger partial charge in [-0.15, -0.1) is 0 Å². The number of esters is 2. The van der Waals surface area contributed by atoms with Gasteiger partial charge in [0, 0.05) is 23.5 Å². The van der Waals surface area contributed by atoms with Crippen molar-refractivity contribution in [3.63, 3.8) is 0 Å². The fraction of sp³-hybridized carbons (Fsp3) is 0.630. The third kappa shape index (κ3) is 2.93. The molecule has 0 saturated heterocycles. The maximum atomic E-state index is 13.1. The summed E-state index contributed by atoms with van der Waals surface area (Å²) in [5.41, 5.74) is -2.26. The van der Waals surface area contributed by atoms with Crippen molar-refractivity contribution < 1.29 is 34.4 Å². The van der Waals surface area contributed by atoms with Gasteiger partial charge < -0.3 is 24.8 Å². The molecule has 0 unspecified atom stereocenters. The first-order chi connectivity index (χ1) is 15.9. The normalized spacial score (nSPS) is 44.7. The Labute approximate surface area is 199 Å². The number of aliphatic hydroxyl groups is 3. The summed E-state index contributed by atoms with van der Waals surface area (Å²) < 4.78 is 11.3. The highest BCUT2D eigenvalue weighted by Gasteiger charge is 2.75. The Morgan fingerprint density at radius 3 is 2.47 bits per heavy atom. The molecule has 0 amide bonds. The zero-order valence-electron chi connectivity index (χ0n) is 20.2. The highest BCUT2D eigenvalue weighted by atomic mass is 16.7. The molecule has 34 heavy (non-hydrogen) atoms. The lowest BCUT2D eigenvalue weighted by Gasteiger charge is -2.69. The number of fused-ring (bicyclic) bond motifs is 4. The van der Waals surface area contributed by atoms with Gasteiger partial charge in [-0.2, -0.15) is 0 Å². The van der Waals surface area contributed by atoms with E-state index in [4.69, 9.17) is 9.47 Å². The second-order valence-electron chi connectivity index (χ2n) is 11.6. The molecule has 4 aliphatic rings. The number of hydrogen-bond donors (Lipinski definition) is 3. The first kappa shape index (κ1) is 23.5. The van der Waals surface area contributed by atoms with Crippen molar-refractivity contribution >= 4 is 11.9 Å². The van der Waals surface area contributed by atoms with Crippen molar-refractivity contribution in [1.29, 1.82) is 0 Å². The van der Waals surface area contributed by atoms with Crippen molar-refractivity contribution in [3.8, 4) is 0 Å². The van der Waals surface area contributed by atoms with E-state index in [1.54, 1.807) is 30.3 Å². The molecule has 7 heteroatoms. The van der Waals surface area contributed by atoms with Crippen LogP contribution < -0.4 is 0 Å². The topological polar surface area (TPSA) is 113 Å². The quantitative estimate of drug-likeness (QED) is 0.570. The Balaban J connectivity index is 1.63. The van der Waals surface area contributed by atoms with Crippen LogP contribution in [0.5, 0.6) is 0 Å². The van der Waals surface area contributed by atoms with Crippen LogP contribution in [0.2, 0.25) is 0 Å². The second kappa shape index (κ2) is 7.39. The van der Waals surface area contributed by atoms with Crippen molar-refractivity contribution in [1.82, 2.24) is 0 Å². The number of aliphatic hydroxyl groups excluding tert-OH is 1. The van der Waals surface area contributed by atoms with Crippen LogP contribution in [0.3, 0.4) is 0 Å². The molecule has 3 N–H and O–H groups in total. The molecule has 1 aliphatic heterocycles. The zero-order chi connectivity index (χ0) is 24.7. The van der Waals surface area contributed by atoms with E-state index in [0.29, 0.717) is 24.0 Å². The van der Waals surface area contributed by atoms with Gasteiger partial charge in [-0.05, 0) is 48.1 Å². The summed E-state index contributed by atoms with van der Waals surface area (Å²) in [6.07, 6.45) is 1.22. The number of hydrogen-bond acceptors (Lipinski definition) is 7. The number of rotatable bonds is 2. The third-order valence-electron chi connectivity index (χ3n) is 9.60. The van der Waals surface area contributed by atoms with Gasteiger partial charge in [0.2, 0.25) is 5.79 Å². The second-order valence-corrected chi connectivity index (χ2v) is 11.6. The molecule has 7 nitrogen and oxygen atoms in total. The van der Waals surface area contributed by atoms with Crippen LogP contribution >= 0.6 is 0 Å². The molecular formula is C27H34O7. The van der Waals surface area contributed by atoms with Gasteiger partial charge in [0.25, 0.3) is 0 Å². The summed E-state index contributed by atoms with van der Waals surface area (Å²) in [5.74, 6) is -4.14. The molecule has 0 spiro atoms. The summed E-state index contributed by atoms with van der Waals surface area (Å²) in [4.78, 5) is 25.3. The van der Waals surface area contributed by atoms with Crippen LogP contribution in [0.25, 0.3) is 0 Å². The number of ether oxygens (including phenoxy) is 2. The fourth-order valence-corrected chi connectivity index (χ4v) is 7.91. The molecule has 1 aromatic carbocycles. The lowest BCUT2D eigenvalue weighted by atomic mass is 9.39. The summed E-state index contributed by atoms with van der Waals surface area (Å²) in [5, 5.41) is 35.6. The van der Waals surface area contributed by atoms with Crippen LogP contribution in [0.15, 0.2) is 42.0 Å². The van der Waals surface area contributed by atoms with Crippen LogP contribution in [-0.2, 0) is 14.3 Å². The Kier molecular flexibility index (Phi) is 5.11. The standard InChI is InChI=1S/C27H34O7/c1-15-17-13-19(28)34-26(17,31)14-18-20(15)21(29)22(33-23(30)16-9-6-5-7-10-16)27(32)24(2,3)11-8-12-25(18,27)4/h5-7,9-10,13,15,18,20-22,29,31-32H,8,11-12,14H2,1-4H3/t15-,18-,20-,21+,22+,25+,26+,27+/m0/s1. The summed E-state index contributed by atoms with van der Waals surface area (Å²) in [7, 11) is 0. The van der Waals surface area contributed by atoms with E-state index in [0.717, 1.165) is 6.42 Å². The summed E-state index contributed by atoms with van der Waals surface area (Å²) in [6, 6.07) is 8.56. The van der Waals surface area contributed by atoms with Crippen LogP contribution in [0.4, 0.5) is 0 Å². The van der Waals surface area contributed by atoms with E-state index in [2.05, 4.69) is 0 Å². The van der Waals surface area contributed by atoms with Gasteiger partial charge in [-0.3, -0.25) is 0 Å². The van der Waals surface area contributed by atoms with Gasteiger partial charge in [0.1, 0.15) is 5.60 Å². The van der Waals surface area contributed by atoms with Crippen molar-refractivity contribution in [2.75, 3.05) is 0 Å². The van der Waals surface area contributed by atoms with Gasteiger partial charge >= 0.3 is 11.9 Å².